The van der Waals surface area contributed by atoms with Crippen molar-refractivity contribution in [3.8, 4) is 0 Å². The Morgan fingerprint density at radius 1 is 1.30 bits per heavy atom. The maximum absolute atomic E-state index is 12.0. The first-order chi connectivity index (χ1) is 9.43. The van der Waals surface area contributed by atoms with Gasteiger partial charge in [0.25, 0.3) is 0 Å². The number of hydrogen-bond acceptors (Lipinski definition) is 2. The highest BCUT2D eigenvalue weighted by Gasteiger charge is 2.14. The molecular weight excluding hydrogens is 256 g/mol. The van der Waals surface area contributed by atoms with Crippen LogP contribution in [-0.2, 0) is 4.79 Å². The standard InChI is InChI=1S/C15H20N2O3/c1-4-17(11(2)3)15(20)16-13-8-5-12(6-9-13)7-10-14(18)19/h5-11H,4H2,1-3H3,(H,16,20)(H,18,19)/b10-7+. The molecule has 108 valence electrons. The fourth-order valence-electron chi connectivity index (χ4n) is 1.78. The lowest BCUT2D eigenvalue weighted by Crippen LogP contribution is -2.39. The number of aliphatic carboxylic acids is 1. The molecule has 0 unspecified atom stereocenters. The number of anilines is 1. The fraction of sp³-hybridized carbons (Fsp3) is 0.333. The van der Waals surface area contributed by atoms with E-state index in [1.165, 1.54) is 6.08 Å². The molecule has 2 amide bonds. The monoisotopic (exact) mass is 276 g/mol. The zero-order valence-electron chi connectivity index (χ0n) is 12.0. The predicted molar refractivity (Wildman–Crippen MR) is 79.6 cm³/mol. The molecule has 0 bridgehead atoms. The highest BCUT2D eigenvalue weighted by molar-refractivity contribution is 5.90. The quantitative estimate of drug-likeness (QED) is 0.812. The maximum atomic E-state index is 12.0. The van der Waals surface area contributed by atoms with Crippen molar-refractivity contribution >= 4 is 23.8 Å². The number of hydrogen-bond donors (Lipinski definition) is 2. The maximum Gasteiger partial charge on any atom is 0.328 e. The van der Waals surface area contributed by atoms with Crippen molar-refractivity contribution in [1.82, 2.24) is 4.90 Å². The fourth-order valence-corrected chi connectivity index (χ4v) is 1.78. The van der Waals surface area contributed by atoms with Gasteiger partial charge in [0.05, 0.1) is 0 Å². The number of amides is 2. The Bertz CT molecular complexity index is 492. The Balaban J connectivity index is 2.70. The van der Waals surface area contributed by atoms with Gasteiger partial charge in [0, 0.05) is 24.4 Å². The number of nitrogens with zero attached hydrogens (tertiary/aromatic N) is 1. The summed E-state index contributed by atoms with van der Waals surface area (Å²) < 4.78 is 0. The number of carbonyl (C=O) groups is 2. The Hall–Kier alpha value is -2.30. The molecule has 1 aromatic rings. The molecule has 0 atom stereocenters. The van der Waals surface area contributed by atoms with E-state index in [9.17, 15) is 9.59 Å². The SMILES string of the molecule is CCN(C(=O)Nc1ccc(/C=C/C(=O)O)cc1)C(C)C. The molecular formula is C15H20N2O3. The largest absolute Gasteiger partial charge is 0.478 e. The van der Waals surface area contributed by atoms with E-state index in [1.54, 1.807) is 29.2 Å². The summed E-state index contributed by atoms with van der Waals surface area (Å²) in [6.45, 7) is 6.49. The number of carboxylic acids is 1. The van der Waals surface area contributed by atoms with Crippen molar-refractivity contribution in [2.75, 3.05) is 11.9 Å². The van der Waals surface area contributed by atoms with Gasteiger partial charge in [-0.2, -0.15) is 0 Å². The molecule has 0 fully saturated rings. The smallest absolute Gasteiger partial charge is 0.328 e. The van der Waals surface area contributed by atoms with E-state index in [0.29, 0.717) is 12.2 Å². The Morgan fingerprint density at radius 3 is 2.35 bits per heavy atom. The van der Waals surface area contributed by atoms with E-state index < -0.39 is 5.97 Å². The van der Waals surface area contributed by atoms with Crippen molar-refractivity contribution < 1.29 is 14.7 Å². The predicted octanol–water partition coefficient (Wildman–Crippen LogP) is 3.05. The van der Waals surface area contributed by atoms with Crippen LogP contribution in [0.15, 0.2) is 30.3 Å². The third kappa shape index (κ3) is 4.76. The van der Waals surface area contributed by atoms with Crippen molar-refractivity contribution in [3.63, 3.8) is 0 Å². The highest BCUT2D eigenvalue weighted by atomic mass is 16.4. The second kappa shape index (κ2) is 7.33. The molecule has 0 spiro atoms. The number of rotatable bonds is 5. The van der Waals surface area contributed by atoms with E-state index in [-0.39, 0.29) is 12.1 Å². The Morgan fingerprint density at radius 2 is 1.90 bits per heavy atom. The molecule has 0 aliphatic heterocycles. The van der Waals surface area contributed by atoms with Gasteiger partial charge in [0.2, 0.25) is 0 Å². The van der Waals surface area contributed by atoms with Crippen LogP contribution in [0, 0.1) is 0 Å². The zero-order chi connectivity index (χ0) is 15.1. The van der Waals surface area contributed by atoms with Gasteiger partial charge >= 0.3 is 12.0 Å². The van der Waals surface area contributed by atoms with Crippen molar-refractivity contribution in [2.24, 2.45) is 0 Å². The molecule has 2 N–H and O–H groups in total. The molecule has 1 rings (SSSR count). The first kappa shape index (κ1) is 15.8. The second-order valence-electron chi connectivity index (χ2n) is 4.60. The van der Waals surface area contributed by atoms with Crippen LogP contribution in [0.2, 0.25) is 0 Å². The lowest BCUT2D eigenvalue weighted by atomic mass is 10.2. The second-order valence-corrected chi connectivity index (χ2v) is 4.60. The van der Waals surface area contributed by atoms with Gasteiger partial charge in [-0.1, -0.05) is 12.1 Å². The van der Waals surface area contributed by atoms with Crippen LogP contribution >= 0.6 is 0 Å². The molecule has 1 aromatic carbocycles. The summed E-state index contributed by atoms with van der Waals surface area (Å²) >= 11 is 0. The van der Waals surface area contributed by atoms with Gasteiger partial charge in [-0.3, -0.25) is 0 Å². The summed E-state index contributed by atoms with van der Waals surface area (Å²) in [6, 6.07) is 6.98. The van der Waals surface area contributed by atoms with E-state index in [2.05, 4.69) is 5.32 Å². The van der Waals surface area contributed by atoms with Crippen LogP contribution in [-0.4, -0.2) is 34.6 Å². The molecule has 5 heteroatoms. The van der Waals surface area contributed by atoms with Crippen LogP contribution in [0.3, 0.4) is 0 Å². The third-order valence-electron chi connectivity index (χ3n) is 2.81. The number of urea groups is 1. The van der Waals surface area contributed by atoms with Gasteiger partial charge in [-0.25, -0.2) is 9.59 Å². The molecule has 0 aromatic heterocycles. The van der Waals surface area contributed by atoms with Gasteiger partial charge in [0.15, 0.2) is 0 Å². The topological polar surface area (TPSA) is 69.6 Å². The number of carbonyl (C=O) groups excluding carboxylic acids is 1. The van der Waals surface area contributed by atoms with Crippen LogP contribution in [0.1, 0.15) is 26.3 Å². The third-order valence-corrected chi connectivity index (χ3v) is 2.81. The molecule has 0 saturated heterocycles. The zero-order valence-corrected chi connectivity index (χ0v) is 12.0. The number of benzene rings is 1. The van der Waals surface area contributed by atoms with Crippen LogP contribution in [0.25, 0.3) is 6.08 Å². The van der Waals surface area contributed by atoms with E-state index >= 15 is 0 Å². The van der Waals surface area contributed by atoms with Crippen LogP contribution < -0.4 is 5.32 Å². The van der Waals surface area contributed by atoms with Crippen molar-refractivity contribution in [2.45, 2.75) is 26.8 Å². The van der Waals surface area contributed by atoms with Crippen molar-refractivity contribution in [3.05, 3.63) is 35.9 Å². The number of nitrogens with one attached hydrogen (secondary N) is 1. The molecule has 0 radical (unpaired) electrons. The summed E-state index contributed by atoms with van der Waals surface area (Å²) in [7, 11) is 0. The first-order valence-electron chi connectivity index (χ1n) is 6.52. The Labute approximate surface area is 118 Å². The minimum Gasteiger partial charge on any atom is -0.478 e. The minimum absolute atomic E-state index is 0.137. The molecule has 0 saturated carbocycles. The Kier molecular flexibility index (Phi) is 5.77. The summed E-state index contributed by atoms with van der Waals surface area (Å²) in [5, 5.41) is 11.4. The molecule has 0 aliphatic carbocycles. The average molecular weight is 276 g/mol. The highest BCUT2D eigenvalue weighted by Crippen LogP contribution is 2.12. The summed E-state index contributed by atoms with van der Waals surface area (Å²) in [5.41, 5.74) is 1.45. The molecule has 20 heavy (non-hydrogen) atoms. The van der Waals surface area contributed by atoms with E-state index in [4.69, 9.17) is 5.11 Å². The van der Waals surface area contributed by atoms with E-state index in [1.807, 2.05) is 20.8 Å². The summed E-state index contributed by atoms with van der Waals surface area (Å²) in [4.78, 5) is 24.1. The first-order valence-corrected chi connectivity index (χ1v) is 6.52. The summed E-state index contributed by atoms with van der Waals surface area (Å²) in [6.07, 6.45) is 2.57. The van der Waals surface area contributed by atoms with Crippen molar-refractivity contribution in [1.29, 1.82) is 0 Å². The lowest BCUT2D eigenvalue weighted by Gasteiger charge is -2.25. The lowest BCUT2D eigenvalue weighted by molar-refractivity contribution is -0.131. The van der Waals surface area contributed by atoms with Gasteiger partial charge in [-0.05, 0) is 44.5 Å². The van der Waals surface area contributed by atoms with Gasteiger partial charge < -0.3 is 15.3 Å². The minimum atomic E-state index is -0.988. The normalized spacial score (nSPS) is 10.8. The average Bonchev–Trinajstić information content (AvgIpc) is 2.38. The molecule has 0 aliphatic rings. The van der Waals surface area contributed by atoms with Crippen LogP contribution in [0.5, 0.6) is 0 Å². The van der Waals surface area contributed by atoms with E-state index in [0.717, 1.165) is 11.6 Å². The summed E-state index contributed by atoms with van der Waals surface area (Å²) in [5.74, 6) is -0.988. The number of carboxylic acid groups (broad SMARTS) is 1. The van der Waals surface area contributed by atoms with Crippen LogP contribution in [0.4, 0.5) is 10.5 Å². The molecule has 0 heterocycles. The van der Waals surface area contributed by atoms with Gasteiger partial charge in [0.1, 0.15) is 0 Å². The van der Waals surface area contributed by atoms with Gasteiger partial charge in [-0.15, -0.1) is 0 Å². The molecule has 5 nitrogen and oxygen atoms in total.